The van der Waals surface area contributed by atoms with Crippen LogP contribution in [0.15, 0.2) is 0 Å². The van der Waals surface area contributed by atoms with Crippen LogP contribution in [0.2, 0.25) is 0 Å². The molecule has 0 spiro atoms. The molecule has 5 heteroatoms. The maximum atomic E-state index is 10.8. The van der Waals surface area contributed by atoms with Crippen molar-refractivity contribution in [1.82, 2.24) is 9.78 Å². The molecule has 1 aromatic heterocycles. The van der Waals surface area contributed by atoms with E-state index >= 15 is 0 Å². The van der Waals surface area contributed by atoms with E-state index < -0.39 is 0 Å². The number of nitriles is 1. The van der Waals surface area contributed by atoms with Gasteiger partial charge >= 0.3 is 0 Å². The maximum absolute atomic E-state index is 10.8. The number of hydrogen-bond donors (Lipinski definition) is 1. The second-order valence-corrected chi connectivity index (χ2v) is 3.14. The number of nitrogen functional groups attached to an aromatic ring is 1. The molecule has 0 saturated heterocycles. The molecule has 0 atom stereocenters. The van der Waals surface area contributed by atoms with E-state index in [4.69, 9.17) is 11.0 Å². The lowest BCUT2D eigenvalue weighted by molar-refractivity contribution is -0.116. The van der Waals surface area contributed by atoms with Gasteiger partial charge in [0.25, 0.3) is 0 Å². The van der Waals surface area contributed by atoms with Gasteiger partial charge < -0.3 is 10.5 Å². The summed E-state index contributed by atoms with van der Waals surface area (Å²) in [5, 5.41) is 12.9. The first-order chi connectivity index (χ1) is 6.56. The molecule has 1 heterocycles. The zero-order chi connectivity index (χ0) is 10.7. The summed E-state index contributed by atoms with van der Waals surface area (Å²) in [5.41, 5.74) is 6.60. The molecule has 0 radical (unpaired) electrons. The highest BCUT2D eigenvalue weighted by Crippen LogP contribution is 2.15. The third-order valence-corrected chi connectivity index (χ3v) is 1.99. The first-order valence-corrected chi connectivity index (χ1v) is 4.27. The summed E-state index contributed by atoms with van der Waals surface area (Å²) < 4.78 is 1.45. The van der Waals surface area contributed by atoms with Crippen molar-refractivity contribution in [3.05, 3.63) is 11.3 Å². The van der Waals surface area contributed by atoms with Crippen molar-refractivity contribution in [2.75, 3.05) is 5.73 Å². The lowest BCUT2D eigenvalue weighted by Crippen LogP contribution is -1.98. The van der Waals surface area contributed by atoms with Crippen LogP contribution in [0.5, 0.6) is 0 Å². The number of nitrogens with zero attached hydrogens (tertiary/aromatic N) is 3. The Balaban J connectivity index is 2.93. The number of Topliss-reactive ketones (excluding diaryl/α,β-unsaturated/α-hetero) is 1. The van der Waals surface area contributed by atoms with Gasteiger partial charge in [-0.25, -0.2) is 0 Å². The minimum atomic E-state index is 0.0816. The molecule has 0 aliphatic heterocycles. The van der Waals surface area contributed by atoms with Gasteiger partial charge in [-0.05, 0) is 13.3 Å². The number of aryl methyl sites for hydroxylation is 2. The van der Waals surface area contributed by atoms with Gasteiger partial charge in [0, 0.05) is 13.5 Å². The SMILES string of the molecule is CC(=O)CCc1nn(C)c(N)c1C#N. The number of ketones is 1. The second kappa shape index (κ2) is 3.92. The molecular formula is C9H12N4O. The van der Waals surface area contributed by atoms with Crippen LogP contribution in [-0.2, 0) is 18.3 Å². The minimum Gasteiger partial charge on any atom is -0.383 e. The van der Waals surface area contributed by atoms with Crippen molar-refractivity contribution in [3.8, 4) is 6.07 Å². The van der Waals surface area contributed by atoms with Crippen molar-refractivity contribution >= 4 is 11.6 Å². The Morgan fingerprint density at radius 1 is 1.71 bits per heavy atom. The van der Waals surface area contributed by atoms with E-state index in [1.54, 1.807) is 7.05 Å². The number of hydrogen-bond acceptors (Lipinski definition) is 4. The average Bonchev–Trinajstić information content (AvgIpc) is 2.39. The molecule has 2 N–H and O–H groups in total. The molecule has 1 aromatic rings. The van der Waals surface area contributed by atoms with Gasteiger partial charge in [0.05, 0.1) is 5.69 Å². The molecule has 0 amide bonds. The fourth-order valence-corrected chi connectivity index (χ4v) is 1.19. The summed E-state index contributed by atoms with van der Waals surface area (Å²) in [6.45, 7) is 1.51. The fourth-order valence-electron chi connectivity index (χ4n) is 1.19. The van der Waals surface area contributed by atoms with Gasteiger partial charge in [0.2, 0.25) is 0 Å². The van der Waals surface area contributed by atoms with E-state index in [0.29, 0.717) is 29.9 Å². The molecule has 0 aliphatic carbocycles. The predicted octanol–water partition coefficient (Wildman–Crippen LogP) is 0.396. The Labute approximate surface area is 82.1 Å². The van der Waals surface area contributed by atoms with Crippen LogP contribution in [-0.4, -0.2) is 15.6 Å². The third-order valence-electron chi connectivity index (χ3n) is 1.99. The molecule has 14 heavy (non-hydrogen) atoms. The highest BCUT2D eigenvalue weighted by atomic mass is 16.1. The van der Waals surface area contributed by atoms with Crippen molar-refractivity contribution in [2.45, 2.75) is 19.8 Å². The largest absolute Gasteiger partial charge is 0.383 e. The summed E-state index contributed by atoms with van der Waals surface area (Å²) in [7, 11) is 1.67. The van der Waals surface area contributed by atoms with Crippen LogP contribution in [0.25, 0.3) is 0 Å². The molecule has 0 saturated carbocycles. The quantitative estimate of drug-likeness (QED) is 0.751. The molecule has 74 valence electrons. The Morgan fingerprint density at radius 2 is 2.36 bits per heavy atom. The second-order valence-electron chi connectivity index (χ2n) is 3.14. The van der Waals surface area contributed by atoms with E-state index in [2.05, 4.69) is 5.10 Å². The van der Waals surface area contributed by atoms with Crippen LogP contribution in [0.4, 0.5) is 5.82 Å². The van der Waals surface area contributed by atoms with Gasteiger partial charge in [-0.2, -0.15) is 10.4 Å². The number of rotatable bonds is 3. The molecular weight excluding hydrogens is 180 g/mol. The van der Waals surface area contributed by atoms with Crippen LogP contribution in [0, 0.1) is 11.3 Å². The zero-order valence-corrected chi connectivity index (χ0v) is 8.24. The highest BCUT2D eigenvalue weighted by Gasteiger charge is 2.13. The van der Waals surface area contributed by atoms with Gasteiger partial charge in [-0.3, -0.25) is 4.68 Å². The standard InChI is InChI=1S/C9H12N4O/c1-6(14)3-4-8-7(5-10)9(11)13(2)12-8/h3-4,11H2,1-2H3. The highest BCUT2D eigenvalue weighted by molar-refractivity contribution is 5.75. The fraction of sp³-hybridized carbons (Fsp3) is 0.444. The predicted molar refractivity (Wildman–Crippen MR) is 51.3 cm³/mol. The van der Waals surface area contributed by atoms with Crippen LogP contribution < -0.4 is 5.73 Å². The van der Waals surface area contributed by atoms with Crippen molar-refractivity contribution in [1.29, 1.82) is 5.26 Å². The van der Waals surface area contributed by atoms with Gasteiger partial charge in [-0.1, -0.05) is 0 Å². The monoisotopic (exact) mass is 192 g/mol. The zero-order valence-electron chi connectivity index (χ0n) is 8.24. The first-order valence-electron chi connectivity index (χ1n) is 4.27. The van der Waals surface area contributed by atoms with E-state index in [1.807, 2.05) is 6.07 Å². The molecule has 0 aromatic carbocycles. The number of anilines is 1. The summed E-state index contributed by atoms with van der Waals surface area (Å²) in [6, 6.07) is 1.99. The molecule has 0 bridgehead atoms. The van der Waals surface area contributed by atoms with Crippen molar-refractivity contribution < 1.29 is 4.79 Å². The lowest BCUT2D eigenvalue weighted by Gasteiger charge is -1.92. The number of carbonyl (C=O) groups is 1. The van der Waals surface area contributed by atoms with Crippen molar-refractivity contribution in [2.24, 2.45) is 7.05 Å². The Bertz CT molecular complexity index is 400. The van der Waals surface area contributed by atoms with E-state index in [9.17, 15) is 4.79 Å². The summed E-state index contributed by atoms with van der Waals surface area (Å²) >= 11 is 0. The van der Waals surface area contributed by atoms with Gasteiger partial charge in [0.15, 0.2) is 0 Å². The summed E-state index contributed by atoms with van der Waals surface area (Å²) in [4.78, 5) is 10.8. The Morgan fingerprint density at radius 3 is 2.86 bits per heavy atom. The Kier molecular flexibility index (Phi) is 2.87. The number of carbonyl (C=O) groups excluding carboxylic acids is 1. The number of aromatic nitrogens is 2. The minimum absolute atomic E-state index is 0.0816. The molecule has 1 rings (SSSR count). The lowest BCUT2D eigenvalue weighted by atomic mass is 10.1. The van der Waals surface area contributed by atoms with Crippen LogP contribution in [0.3, 0.4) is 0 Å². The van der Waals surface area contributed by atoms with Gasteiger partial charge in [-0.15, -0.1) is 0 Å². The third kappa shape index (κ3) is 1.91. The van der Waals surface area contributed by atoms with E-state index in [1.165, 1.54) is 11.6 Å². The van der Waals surface area contributed by atoms with Crippen molar-refractivity contribution in [3.63, 3.8) is 0 Å². The Hall–Kier alpha value is -1.83. The molecule has 0 aliphatic rings. The molecule has 5 nitrogen and oxygen atoms in total. The normalized spacial score (nSPS) is 9.79. The smallest absolute Gasteiger partial charge is 0.139 e. The van der Waals surface area contributed by atoms with Gasteiger partial charge in [0.1, 0.15) is 23.2 Å². The van der Waals surface area contributed by atoms with E-state index in [0.717, 1.165) is 0 Å². The molecule has 0 unspecified atom stereocenters. The average molecular weight is 192 g/mol. The molecule has 0 fully saturated rings. The first kappa shape index (κ1) is 10.3. The topological polar surface area (TPSA) is 84.7 Å². The summed E-state index contributed by atoms with van der Waals surface area (Å²) in [5.74, 6) is 0.434. The van der Waals surface area contributed by atoms with Crippen LogP contribution >= 0.6 is 0 Å². The van der Waals surface area contributed by atoms with Crippen LogP contribution in [0.1, 0.15) is 24.6 Å². The summed E-state index contributed by atoms with van der Waals surface area (Å²) in [6.07, 6.45) is 0.869. The van der Waals surface area contributed by atoms with E-state index in [-0.39, 0.29) is 5.78 Å². The maximum Gasteiger partial charge on any atom is 0.139 e. The number of nitrogens with two attached hydrogens (primary N) is 1.